The Labute approximate surface area is 178 Å². The van der Waals surface area contributed by atoms with Gasteiger partial charge in [-0.05, 0) is 44.8 Å². The van der Waals surface area contributed by atoms with Crippen LogP contribution in [0, 0.1) is 0 Å². The molecule has 0 bridgehead atoms. The average Bonchev–Trinajstić information content (AvgIpc) is 3.47. The molecule has 0 amide bonds. The number of para-hydroxylation sites is 1. The molecule has 1 aromatic carbocycles. The molecule has 1 saturated heterocycles. The summed E-state index contributed by atoms with van der Waals surface area (Å²) in [6.07, 6.45) is 5.92. The lowest BCUT2D eigenvalue weighted by Gasteiger charge is -2.30. The number of aliphatic imine (C=N–C) groups is 1. The molecule has 0 spiro atoms. The number of fused-ring (bicyclic) bond motifs is 1. The highest BCUT2D eigenvalue weighted by atomic mass is 16.5. The summed E-state index contributed by atoms with van der Waals surface area (Å²) < 4.78 is 7.89. The number of methoxy groups -OCH3 is 1. The first-order valence-electron chi connectivity index (χ1n) is 11.0. The normalized spacial score (nSPS) is 18.1. The first kappa shape index (κ1) is 20.7. The Morgan fingerprint density at radius 2 is 1.90 bits per heavy atom. The third kappa shape index (κ3) is 4.59. The number of benzene rings is 1. The second-order valence-corrected chi connectivity index (χ2v) is 7.95. The standard InChI is InChI=1S/C22H33N7O/c1-23-22(25-16-21-27-26-20-11-5-6-14-29(20)21)24-15-18(28-12-7-8-13-28)17-9-3-4-10-19(17)30-2/h3-4,9-10,18H,5-8,11-16H2,1-2H3,(H2,23,24,25). The number of hydrogen-bond acceptors (Lipinski definition) is 5. The van der Waals surface area contributed by atoms with Crippen molar-refractivity contribution in [2.75, 3.05) is 33.8 Å². The van der Waals surface area contributed by atoms with Crippen LogP contribution in [0.5, 0.6) is 5.75 Å². The lowest BCUT2D eigenvalue weighted by Crippen LogP contribution is -2.42. The number of ether oxygens (including phenoxy) is 1. The predicted molar refractivity (Wildman–Crippen MR) is 118 cm³/mol. The fourth-order valence-electron chi connectivity index (χ4n) is 4.51. The van der Waals surface area contributed by atoms with Crippen LogP contribution in [0.25, 0.3) is 0 Å². The summed E-state index contributed by atoms with van der Waals surface area (Å²) in [6, 6.07) is 8.56. The molecule has 2 N–H and O–H groups in total. The number of aromatic nitrogens is 3. The van der Waals surface area contributed by atoms with Crippen LogP contribution in [0.4, 0.5) is 0 Å². The van der Waals surface area contributed by atoms with Gasteiger partial charge in [-0.25, -0.2) is 0 Å². The predicted octanol–water partition coefficient (Wildman–Crippen LogP) is 2.13. The largest absolute Gasteiger partial charge is 0.496 e. The van der Waals surface area contributed by atoms with E-state index in [-0.39, 0.29) is 6.04 Å². The van der Waals surface area contributed by atoms with Gasteiger partial charge in [0.05, 0.1) is 19.7 Å². The van der Waals surface area contributed by atoms with E-state index in [9.17, 15) is 0 Å². The minimum Gasteiger partial charge on any atom is -0.496 e. The summed E-state index contributed by atoms with van der Waals surface area (Å²) in [4.78, 5) is 6.96. The summed E-state index contributed by atoms with van der Waals surface area (Å²) in [5.74, 6) is 3.80. The third-order valence-electron chi connectivity index (χ3n) is 6.12. The van der Waals surface area contributed by atoms with Crippen LogP contribution < -0.4 is 15.4 Å². The number of guanidine groups is 1. The van der Waals surface area contributed by atoms with E-state index in [2.05, 4.69) is 47.4 Å². The van der Waals surface area contributed by atoms with E-state index in [1.807, 2.05) is 19.2 Å². The number of likely N-dealkylation sites (tertiary alicyclic amines) is 1. The zero-order valence-corrected chi connectivity index (χ0v) is 18.1. The lowest BCUT2D eigenvalue weighted by atomic mass is 10.0. The van der Waals surface area contributed by atoms with Crippen molar-refractivity contribution in [2.24, 2.45) is 4.99 Å². The summed E-state index contributed by atoms with van der Waals surface area (Å²) in [7, 11) is 3.55. The highest BCUT2D eigenvalue weighted by Gasteiger charge is 2.26. The summed E-state index contributed by atoms with van der Waals surface area (Å²) in [5.41, 5.74) is 1.22. The van der Waals surface area contributed by atoms with Crippen molar-refractivity contribution in [1.82, 2.24) is 30.3 Å². The molecule has 1 atom stereocenters. The first-order chi connectivity index (χ1) is 14.8. The lowest BCUT2D eigenvalue weighted by molar-refractivity contribution is 0.239. The van der Waals surface area contributed by atoms with Crippen molar-refractivity contribution in [2.45, 2.75) is 51.2 Å². The van der Waals surface area contributed by atoms with Gasteiger partial charge >= 0.3 is 0 Å². The van der Waals surface area contributed by atoms with E-state index in [0.29, 0.717) is 6.54 Å². The SMILES string of the molecule is CN=C(NCc1nnc2n1CCCC2)NCC(c1ccccc1OC)N1CCCC1. The van der Waals surface area contributed by atoms with Gasteiger partial charge in [-0.2, -0.15) is 0 Å². The molecule has 4 rings (SSSR count). The van der Waals surface area contributed by atoms with E-state index in [4.69, 9.17) is 4.74 Å². The number of nitrogens with zero attached hydrogens (tertiary/aromatic N) is 5. The molecular weight excluding hydrogens is 378 g/mol. The van der Waals surface area contributed by atoms with E-state index < -0.39 is 0 Å². The van der Waals surface area contributed by atoms with Crippen LogP contribution in [0.2, 0.25) is 0 Å². The van der Waals surface area contributed by atoms with Gasteiger partial charge < -0.3 is 19.9 Å². The zero-order valence-electron chi connectivity index (χ0n) is 18.1. The van der Waals surface area contributed by atoms with Crippen molar-refractivity contribution in [3.63, 3.8) is 0 Å². The van der Waals surface area contributed by atoms with Crippen molar-refractivity contribution < 1.29 is 4.74 Å². The topological polar surface area (TPSA) is 79.6 Å². The fraction of sp³-hybridized carbons (Fsp3) is 0.591. The van der Waals surface area contributed by atoms with Crippen LogP contribution in [-0.4, -0.2) is 59.4 Å². The Morgan fingerprint density at radius 1 is 1.10 bits per heavy atom. The molecule has 0 saturated carbocycles. The smallest absolute Gasteiger partial charge is 0.191 e. The van der Waals surface area contributed by atoms with E-state index in [1.54, 1.807) is 7.11 Å². The van der Waals surface area contributed by atoms with E-state index in [1.165, 1.54) is 31.2 Å². The van der Waals surface area contributed by atoms with Crippen LogP contribution in [0.3, 0.4) is 0 Å². The first-order valence-corrected chi connectivity index (χ1v) is 11.0. The maximum atomic E-state index is 5.65. The molecule has 3 heterocycles. The Balaban J connectivity index is 1.41. The summed E-state index contributed by atoms with van der Waals surface area (Å²) >= 11 is 0. The van der Waals surface area contributed by atoms with Crippen LogP contribution in [-0.2, 0) is 19.5 Å². The zero-order chi connectivity index (χ0) is 20.8. The fourth-order valence-corrected chi connectivity index (χ4v) is 4.51. The van der Waals surface area contributed by atoms with Gasteiger partial charge in [0.25, 0.3) is 0 Å². The maximum absolute atomic E-state index is 5.65. The molecule has 1 aromatic heterocycles. The Morgan fingerprint density at radius 3 is 2.70 bits per heavy atom. The highest BCUT2D eigenvalue weighted by Crippen LogP contribution is 2.31. The molecular formula is C22H33N7O. The molecule has 0 aliphatic carbocycles. The number of aryl methyl sites for hydroxylation is 1. The minimum absolute atomic E-state index is 0.239. The molecule has 8 nitrogen and oxygen atoms in total. The number of rotatable bonds is 7. The highest BCUT2D eigenvalue weighted by molar-refractivity contribution is 5.79. The molecule has 1 fully saturated rings. The van der Waals surface area contributed by atoms with Crippen LogP contribution in [0.15, 0.2) is 29.3 Å². The second kappa shape index (κ2) is 9.93. The van der Waals surface area contributed by atoms with Gasteiger partial charge in [0, 0.05) is 32.1 Å². The number of hydrogen-bond donors (Lipinski definition) is 2. The molecule has 162 valence electrons. The monoisotopic (exact) mass is 411 g/mol. The maximum Gasteiger partial charge on any atom is 0.191 e. The molecule has 1 unspecified atom stereocenters. The van der Waals surface area contributed by atoms with Crippen LogP contribution >= 0.6 is 0 Å². The summed E-state index contributed by atoms with van der Waals surface area (Å²) in [6.45, 7) is 4.62. The second-order valence-electron chi connectivity index (χ2n) is 7.95. The van der Waals surface area contributed by atoms with Crippen molar-refractivity contribution in [3.8, 4) is 5.75 Å². The molecule has 2 aliphatic rings. The van der Waals surface area contributed by atoms with E-state index >= 15 is 0 Å². The Bertz CT molecular complexity index is 857. The van der Waals surface area contributed by atoms with Gasteiger partial charge in [0.15, 0.2) is 11.8 Å². The average molecular weight is 412 g/mol. The van der Waals surface area contributed by atoms with Gasteiger partial charge in [0.1, 0.15) is 11.6 Å². The number of nitrogens with one attached hydrogen (secondary N) is 2. The molecule has 2 aromatic rings. The molecule has 0 radical (unpaired) electrons. The minimum atomic E-state index is 0.239. The summed E-state index contributed by atoms with van der Waals surface area (Å²) in [5, 5.41) is 15.7. The Hall–Kier alpha value is -2.61. The van der Waals surface area contributed by atoms with Crippen molar-refractivity contribution in [3.05, 3.63) is 41.5 Å². The van der Waals surface area contributed by atoms with Gasteiger partial charge in [-0.3, -0.25) is 9.89 Å². The molecule has 2 aliphatic heterocycles. The molecule has 8 heteroatoms. The van der Waals surface area contributed by atoms with Gasteiger partial charge in [-0.15, -0.1) is 10.2 Å². The van der Waals surface area contributed by atoms with E-state index in [0.717, 1.165) is 56.0 Å². The quantitative estimate of drug-likeness (QED) is 0.537. The van der Waals surface area contributed by atoms with Crippen molar-refractivity contribution >= 4 is 5.96 Å². The van der Waals surface area contributed by atoms with Crippen LogP contribution in [0.1, 0.15) is 48.9 Å². The van der Waals surface area contributed by atoms with Gasteiger partial charge in [0.2, 0.25) is 0 Å². The van der Waals surface area contributed by atoms with Gasteiger partial charge in [-0.1, -0.05) is 18.2 Å². The third-order valence-corrected chi connectivity index (χ3v) is 6.12. The Kier molecular flexibility index (Phi) is 6.84. The molecule has 30 heavy (non-hydrogen) atoms. The van der Waals surface area contributed by atoms with Crippen molar-refractivity contribution in [1.29, 1.82) is 0 Å².